The zero-order chi connectivity index (χ0) is 19.4. The molecule has 0 saturated heterocycles. The monoisotopic (exact) mass is 435 g/mol. The van der Waals surface area contributed by atoms with Gasteiger partial charge in [-0.1, -0.05) is 46.3 Å². The van der Waals surface area contributed by atoms with Crippen LogP contribution in [-0.4, -0.2) is 23.5 Å². The molecule has 0 aliphatic rings. The first-order chi connectivity index (χ1) is 13.5. The van der Waals surface area contributed by atoms with Crippen LogP contribution in [0.15, 0.2) is 74.9 Å². The third kappa shape index (κ3) is 2.38. The van der Waals surface area contributed by atoms with E-state index in [4.69, 9.17) is 0 Å². The van der Waals surface area contributed by atoms with Crippen LogP contribution >= 0.6 is 15.9 Å². The van der Waals surface area contributed by atoms with Crippen molar-refractivity contribution in [1.29, 1.82) is 0 Å². The number of benzene rings is 2. The average molecular weight is 436 g/mol. The molecule has 7 nitrogen and oxygen atoms in total. The Bertz CT molecular complexity index is 1460. The van der Waals surface area contributed by atoms with Crippen LogP contribution in [0.3, 0.4) is 0 Å². The molecule has 0 spiro atoms. The van der Waals surface area contributed by atoms with Gasteiger partial charge in [0.25, 0.3) is 5.56 Å². The zero-order valence-electron chi connectivity index (χ0n) is 14.8. The SMILES string of the molecule is Cn1c(=O)[nH]c(=O)c2c1nc1n(-c3ccc(Br)cc3)c(-c3ccccc3)cn21. The first-order valence-corrected chi connectivity index (χ1v) is 9.38. The number of H-pyrrole nitrogens is 1. The van der Waals surface area contributed by atoms with Gasteiger partial charge in [-0.15, -0.1) is 0 Å². The van der Waals surface area contributed by atoms with E-state index in [1.807, 2.05) is 65.4 Å². The van der Waals surface area contributed by atoms with Crippen LogP contribution in [-0.2, 0) is 7.05 Å². The molecule has 0 radical (unpaired) electrons. The summed E-state index contributed by atoms with van der Waals surface area (Å²) in [5.41, 5.74) is 2.51. The summed E-state index contributed by atoms with van der Waals surface area (Å²) in [6.07, 6.45) is 1.88. The Kier molecular flexibility index (Phi) is 3.63. The highest BCUT2D eigenvalue weighted by Gasteiger charge is 2.20. The number of hydrogen-bond acceptors (Lipinski definition) is 3. The second-order valence-corrected chi connectivity index (χ2v) is 7.38. The van der Waals surface area contributed by atoms with Gasteiger partial charge in [-0.05, 0) is 24.3 Å². The Morgan fingerprint density at radius 3 is 2.43 bits per heavy atom. The summed E-state index contributed by atoms with van der Waals surface area (Å²) >= 11 is 3.46. The van der Waals surface area contributed by atoms with Crippen LogP contribution in [0.25, 0.3) is 33.9 Å². The number of halogens is 1. The van der Waals surface area contributed by atoms with Crippen molar-refractivity contribution < 1.29 is 0 Å². The smallest absolute Gasteiger partial charge is 0.279 e. The number of nitrogens with one attached hydrogen (secondary N) is 1. The maximum atomic E-state index is 12.5. The van der Waals surface area contributed by atoms with Crippen LogP contribution in [0.5, 0.6) is 0 Å². The zero-order valence-corrected chi connectivity index (χ0v) is 16.3. The fourth-order valence-corrected chi connectivity index (χ4v) is 3.68. The molecule has 0 atom stereocenters. The fourth-order valence-electron chi connectivity index (χ4n) is 3.42. The van der Waals surface area contributed by atoms with E-state index < -0.39 is 11.2 Å². The van der Waals surface area contributed by atoms with Gasteiger partial charge in [-0.25, -0.2) is 4.79 Å². The Hall–Kier alpha value is -3.39. The maximum absolute atomic E-state index is 12.5. The molecular weight excluding hydrogens is 422 g/mol. The number of aromatic amines is 1. The summed E-state index contributed by atoms with van der Waals surface area (Å²) in [7, 11) is 1.59. The standard InChI is InChI=1S/C20H14BrN5O2/c1-24-17-16(18(27)23-20(24)28)25-11-15(12-5-3-2-4-6-12)26(19(25)22-17)14-9-7-13(21)8-10-14/h2-11H,1H3,(H,23,27,28). The van der Waals surface area contributed by atoms with E-state index in [0.29, 0.717) is 16.9 Å². The highest BCUT2D eigenvalue weighted by molar-refractivity contribution is 9.10. The van der Waals surface area contributed by atoms with Gasteiger partial charge in [0.1, 0.15) is 0 Å². The minimum Gasteiger partial charge on any atom is -0.279 e. The summed E-state index contributed by atoms with van der Waals surface area (Å²) in [4.78, 5) is 31.5. The van der Waals surface area contributed by atoms with Crippen molar-refractivity contribution in [2.75, 3.05) is 0 Å². The normalized spacial score (nSPS) is 11.5. The molecule has 5 aromatic rings. The molecule has 1 N–H and O–H groups in total. The lowest BCUT2D eigenvalue weighted by Gasteiger charge is -2.09. The number of aryl methyl sites for hydroxylation is 1. The molecule has 0 aliphatic carbocycles. The fraction of sp³-hybridized carbons (Fsp3) is 0.0500. The maximum Gasteiger partial charge on any atom is 0.329 e. The first-order valence-electron chi connectivity index (χ1n) is 8.59. The third-order valence-electron chi connectivity index (χ3n) is 4.78. The number of hydrogen-bond donors (Lipinski definition) is 1. The van der Waals surface area contributed by atoms with E-state index >= 15 is 0 Å². The Morgan fingerprint density at radius 2 is 1.71 bits per heavy atom. The van der Waals surface area contributed by atoms with E-state index in [9.17, 15) is 9.59 Å². The number of nitrogens with zero attached hydrogens (tertiary/aromatic N) is 4. The quantitative estimate of drug-likeness (QED) is 0.462. The highest BCUT2D eigenvalue weighted by Crippen LogP contribution is 2.29. The van der Waals surface area contributed by atoms with Crippen molar-refractivity contribution in [3.63, 3.8) is 0 Å². The van der Waals surface area contributed by atoms with Crippen molar-refractivity contribution in [2.45, 2.75) is 0 Å². The molecule has 0 unspecified atom stereocenters. The number of imidazole rings is 2. The molecule has 0 aliphatic heterocycles. The first kappa shape index (κ1) is 16.8. The van der Waals surface area contributed by atoms with Gasteiger partial charge in [0.15, 0.2) is 11.2 Å². The molecule has 3 heterocycles. The minimum absolute atomic E-state index is 0.338. The van der Waals surface area contributed by atoms with Crippen LogP contribution < -0.4 is 11.2 Å². The van der Waals surface area contributed by atoms with E-state index in [1.54, 1.807) is 11.4 Å². The molecule has 0 fully saturated rings. The van der Waals surface area contributed by atoms with E-state index in [2.05, 4.69) is 25.9 Å². The largest absolute Gasteiger partial charge is 0.329 e. The number of rotatable bonds is 2. The summed E-state index contributed by atoms with van der Waals surface area (Å²) in [6, 6.07) is 17.7. The van der Waals surface area contributed by atoms with Crippen molar-refractivity contribution in [1.82, 2.24) is 23.5 Å². The van der Waals surface area contributed by atoms with E-state index in [-0.39, 0.29) is 0 Å². The van der Waals surface area contributed by atoms with Crippen molar-refractivity contribution >= 4 is 32.9 Å². The van der Waals surface area contributed by atoms with Crippen molar-refractivity contribution in [2.24, 2.45) is 7.05 Å². The molecular formula is C20H14BrN5O2. The van der Waals surface area contributed by atoms with Crippen molar-refractivity contribution in [3.8, 4) is 16.9 Å². The molecule has 8 heteroatoms. The van der Waals surface area contributed by atoms with Crippen LogP contribution in [0.2, 0.25) is 0 Å². The van der Waals surface area contributed by atoms with Crippen LogP contribution in [0.1, 0.15) is 0 Å². The van der Waals surface area contributed by atoms with Gasteiger partial charge in [0.05, 0.1) is 5.69 Å². The van der Waals surface area contributed by atoms with Gasteiger partial charge in [0, 0.05) is 29.0 Å². The Balaban J connectivity index is 1.96. The van der Waals surface area contributed by atoms with Crippen LogP contribution in [0, 0.1) is 0 Å². The molecule has 0 saturated carbocycles. The van der Waals surface area contributed by atoms with E-state index in [0.717, 1.165) is 21.4 Å². The number of aromatic nitrogens is 5. The van der Waals surface area contributed by atoms with Crippen LogP contribution in [0.4, 0.5) is 0 Å². The molecule has 3 aromatic heterocycles. The summed E-state index contributed by atoms with van der Waals surface area (Å²) in [5, 5.41) is 0. The van der Waals surface area contributed by atoms with E-state index in [1.165, 1.54) is 4.57 Å². The number of fused-ring (bicyclic) bond motifs is 3. The predicted molar refractivity (Wildman–Crippen MR) is 111 cm³/mol. The lowest BCUT2D eigenvalue weighted by atomic mass is 10.1. The van der Waals surface area contributed by atoms with Gasteiger partial charge in [-0.2, -0.15) is 4.98 Å². The molecule has 2 aromatic carbocycles. The molecule has 0 bridgehead atoms. The molecule has 138 valence electrons. The second kappa shape index (κ2) is 6.07. The summed E-state index contributed by atoms with van der Waals surface area (Å²) in [5.74, 6) is 0.558. The van der Waals surface area contributed by atoms with Gasteiger partial charge in [0.2, 0.25) is 5.78 Å². The molecule has 28 heavy (non-hydrogen) atoms. The highest BCUT2D eigenvalue weighted by atomic mass is 79.9. The summed E-state index contributed by atoms with van der Waals surface area (Å²) < 4.78 is 6.02. The third-order valence-corrected chi connectivity index (χ3v) is 5.31. The average Bonchev–Trinajstić information content (AvgIpc) is 3.24. The van der Waals surface area contributed by atoms with Gasteiger partial charge >= 0.3 is 5.69 Å². The van der Waals surface area contributed by atoms with Gasteiger partial charge < -0.3 is 0 Å². The van der Waals surface area contributed by atoms with Gasteiger partial charge in [-0.3, -0.25) is 23.3 Å². The lowest BCUT2D eigenvalue weighted by molar-refractivity contribution is 0.831. The topological polar surface area (TPSA) is 77.1 Å². The predicted octanol–water partition coefficient (Wildman–Crippen LogP) is 3.09. The molecule has 5 rings (SSSR count). The minimum atomic E-state index is -0.489. The Morgan fingerprint density at radius 1 is 1.00 bits per heavy atom. The molecule has 0 amide bonds. The Labute approximate surface area is 166 Å². The van der Waals surface area contributed by atoms with Crippen molar-refractivity contribution in [3.05, 3.63) is 86.1 Å². The summed E-state index contributed by atoms with van der Waals surface area (Å²) in [6.45, 7) is 0. The second-order valence-electron chi connectivity index (χ2n) is 6.46. The lowest BCUT2D eigenvalue weighted by Crippen LogP contribution is -2.28.